The van der Waals surface area contributed by atoms with Crippen LogP contribution in [0.25, 0.3) is 11.1 Å². The molecule has 2 unspecified atom stereocenters. The molecule has 0 bridgehead atoms. The summed E-state index contributed by atoms with van der Waals surface area (Å²) in [4.78, 5) is 41.8. The Kier molecular flexibility index (Phi) is 6.93. The molecule has 3 N–H and O–H groups in total. The Balaban J connectivity index is 1.40. The first-order valence-corrected chi connectivity index (χ1v) is 11.7. The Morgan fingerprint density at radius 2 is 1.68 bits per heavy atom. The summed E-state index contributed by atoms with van der Waals surface area (Å²) in [6.45, 7) is 3.72. The average Bonchev–Trinajstić information content (AvgIpc) is 3.38. The fourth-order valence-corrected chi connectivity index (χ4v) is 4.89. The summed E-state index contributed by atoms with van der Waals surface area (Å²) >= 11 is 1.43. The van der Waals surface area contributed by atoms with Crippen LogP contribution in [-0.2, 0) is 14.3 Å². The first kappa shape index (κ1) is 23.4. The van der Waals surface area contributed by atoms with Crippen LogP contribution in [0.5, 0.6) is 0 Å². The van der Waals surface area contributed by atoms with Gasteiger partial charge in [-0.25, -0.2) is 9.78 Å². The summed E-state index contributed by atoms with van der Waals surface area (Å²) in [5, 5.41) is 15.1. The number of carboxylic acids is 1. The van der Waals surface area contributed by atoms with Gasteiger partial charge in [0.15, 0.2) is 0 Å². The van der Waals surface area contributed by atoms with E-state index in [-0.39, 0.29) is 12.5 Å². The number of nitrogens with one attached hydrogen (secondary N) is 2. The number of fused-ring (bicyclic) bond motifs is 3. The van der Waals surface area contributed by atoms with Crippen molar-refractivity contribution >= 4 is 29.3 Å². The molecule has 0 fully saturated rings. The van der Waals surface area contributed by atoms with Gasteiger partial charge in [0.2, 0.25) is 5.91 Å². The predicted molar refractivity (Wildman–Crippen MR) is 128 cm³/mol. The standard InChI is InChI=1S/C25H25N3O5S/c1-14-12-26-24(34-14)15(2)27-23(31)21(11-22(29)30)28-25(32)33-13-20-18-9-5-3-7-16(18)17-8-4-6-10-19(17)20/h3-10,12,15,20-21H,11,13H2,1-2H3,(H,27,31)(H,28,32)(H,29,30). The van der Waals surface area contributed by atoms with Crippen molar-refractivity contribution in [2.75, 3.05) is 6.61 Å². The van der Waals surface area contributed by atoms with E-state index in [1.807, 2.05) is 55.5 Å². The van der Waals surface area contributed by atoms with Gasteiger partial charge >= 0.3 is 12.1 Å². The number of hydrogen-bond donors (Lipinski definition) is 3. The molecule has 0 radical (unpaired) electrons. The summed E-state index contributed by atoms with van der Waals surface area (Å²) in [6, 6.07) is 14.2. The third-order valence-corrected chi connectivity index (χ3v) is 6.79. The van der Waals surface area contributed by atoms with Crippen LogP contribution in [0.3, 0.4) is 0 Å². The average molecular weight is 480 g/mol. The van der Waals surface area contributed by atoms with Crippen molar-refractivity contribution in [1.82, 2.24) is 15.6 Å². The maximum absolute atomic E-state index is 12.7. The molecule has 2 atom stereocenters. The molecule has 2 amide bonds. The summed E-state index contributed by atoms with van der Waals surface area (Å²) in [6.07, 6.45) is 0.285. The number of benzene rings is 2. The number of rotatable bonds is 8. The van der Waals surface area contributed by atoms with Crippen molar-refractivity contribution in [2.24, 2.45) is 0 Å². The lowest BCUT2D eigenvalue weighted by molar-refractivity contribution is -0.140. The van der Waals surface area contributed by atoms with Crippen LogP contribution < -0.4 is 10.6 Å². The van der Waals surface area contributed by atoms with E-state index in [0.29, 0.717) is 5.01 Å². The normalized spacial score (nSPS) is 13.9. The number of carbonyl (C=O) groups excluding carboxylic acids is 2. The van der Waals surface area contributed by atoms with E-state index in [9.17, 15) is 19.5 Å². The third kappa shape index (κ3) is 5.09. The van der Waals surface area contributed by atoms with E-state index >= 15 is 0 Å². The second-order valence-corrected chi connectivity index (χ2v) is 9.43. The van der Waals surface area contributed by atoms with Gasteiger partial charge in [-0.1, -0.05) is 48.5 Å². The maximum Gasteiger partial charge on any atom is 0.407 e. The fourth-order valence-electron chi connectivity index (χ4n) is 4.11. The van der Waals surface area contributed by atoms with Gasteiger partial charge in [-0.15, -0.1) is 11.3 Å². The molecule has 1 heterocycles. The predicted octanol–water partition coefficient (Wildman–Crippen LogP) is 4.01. The molecule has 8 nitrogen and oxygen atoms in total. The number of amides is 2. The van der Waals surface area contributed by atoms with E-state index in [4.69, 9.17) is 4.74 Å². The SMILES string of the molecule is Cc1cnc(C(C)NC(=O)C(CC(=O)O)NC(=O)OCC2c3ccccc3-c3ccccc32)s1. The first-order valence-electron chi connectivity index (χ1n) is 10.9. The Morgan fingerprint density at radius 1 is 1.06 bits per heavy atom. The lowest BCUT2D eigenvalue weighted by Crippen LogP contribution is -2.48. The molecule has 0 saturated heterocycles. The Hall–Kier alpha value is -3.72. The zero-order chi connectivity index (χ0) is 24.2. The lowest BCUT2D eigenvalue weighted by Gasteiger charge is -2.20. The van der Waals surface area contributed by atoms with E-state index in [1.165, 1.54) is 11.3 Å². The van der Waals surface area contributed by atoms with Crippen LogP contribution >= 0.6 is 11.3 Å². The topological polar surface area (TPSA) is 118 Å². The van der Waals surface area contributed by atoms with E-state index in [1.54, 1.807) is 13.1 Å². The zero-order valence-corrected chi connectivity index (χ0v) is 19.6. The highest BCUT2D eigenvalue weighted by molar-refractivity contribution is 7.11. The van der Waals surface area contributed by atoms with E-state index in [0.717, 1.165) is 27.1 Å². The molecule has 34 heavy (non-hydrogen) atoms. The van der Waals surface area contributed by atoms with Gasteiger partial charge < -0.3 is 20.5 Å². The Morgan fingerprint density at radius 3 is 2.24 bits per heavy atom. The highest BCUT2D eigenvalue weighted by Crippen LogP contribution is 2.44. The first-order chi connectivity index (χ1) is 16.3. The highest BCUT2D eigenvalue weighted by atomic mass is 32.1. The molecule has 1 aliphatic rings. The van der Waals surface area contributed by atoms with Gasteiger partial charge in [-0.3, -0.25) is 9.59 Å². The quantitative estimate of drug-likeness (QED) is 0.449. The van der Waals surface area contributed by atoms with Gasteiger partial charge in [0.1, 0.15) is 17.7 Å². The second-order valence-electron chi connectivity index (χ2n) is 8.16. The molecule has 176 valence electrons. The summed E-state index contributed by atoms with van der Waals surface area (Å²) in [7, 11) is 0. The van der Waals surface area contributed by atoms with Gasteiger partial charge in [0, 0.05) is 17.0 Å². The molecular formula is C25H25N3O5S. The zero-order valence-electron chi connectivity index (χ0n) is 18.8. The molecule has 9 heteroatoms. The molecule has 0 spiro atoms. The summed E-state index contributed by atoms with van der Waals surface area (Å²) in [5.74, 6) is -1.97. The van der Waals surface area contributed by atoms with E-state index in [2.05, 4.69) is 15.6 Å². The highest BCUT2D eigenvalue weighted by Gasteiger charge is 2.30. The van der Waals surface area contributed by atoms with Crippen molar-refractivity contribution < 1.29 is 24.2 Å². The molecule has 1 aromatic heterocycles. The molecule has 0 aliphatic heterocycles. The summed E-state index contributed by atoms with van der Waals surface area (Å²) < 4.78 is 5.46. The molecule has 1 aliphatic carbocycles. The van der Waals surface area contributed by atoms with Crippen molar-refractivity contribution in [3.05, 3.63) is 75.7 Å². The number of aryl methyl sites for hydroxylation is 1. The number of hydrogen-bond acceptors (Lipinski definition) is 6. The van der Waals surface area contributed by atoms with Gasteiger partial charge in [0.25, 0.3) is 0 Å². The minimum Gasteiger partial charge on any atom is -0.481 e. The van der Waals surface area contributed by atoms with Gasteiger partial charge in [0.05, 0.1) is 12.5 Å². The summed E-state index contributed by atoms with van der Waals surface area (Å²) in [5.41, 5.74) is 4.32. The molecule has 4 rings (SSSR count). The Bertz CT molecular complexity index is 1180. The molecule has 0 saturated carbocycles. The Labute approximate surface area is 201 Å². The lowest BCUT2D eigenvalue weighted by atomic mass is 9.98. The monoisotopic (exact) mass is 479 g/mol. The number of aromatic nitrogens is 1. The minimum atomic E-state index is -1.28. The molecule has 3 aromatic rings. The van der Waals surface area contributed by atoms with Gasteiger partial charge in [-0.05, 0) is 36.1 Å². The van der Waals surface area contributed by atoms with Crippen LogP contribution in [0.4, 0.5) is 4.79 Å². The number of nitrogens with zero attached hydrogens (tertiary/aromatic N) is 1. The fraction of sp³-hybridized carbons (Fsp3) is 0.280. The smallest absolute Gasteiger partial charge is 0.407 e. The number of carboxylic acid groups (broad SMARTS) is 1. The largest absolute Gasteiger partial charge is 0.481 e. The van der Waals surface area contributed by atoms with Crippen molar-refractivity contribution in [1.29, 1.82) is 0 Å². The number of alkyl carbamates (subject to hydrolysis) is 1. The molecular weight excluding hydrogens is 454 g/mol. The number of carbonyl (C=O) groups is 3. The maximum atomic E-state index is 12.7. The second kappa shape index (κ2) is 10.0. The van der Waals surface area contributed by atoms with E-state index < -0.39 is 36.5 Å². The van der Waals surface area contributed by atoms with Crippen LogP contribution in [0.15, 0.2) is 54.7 Å². The van der Waals surface area contributed by atoms with Crippen molar-refractivity contribution in [3.8, 4) is 11.1 Å². The number of ether oxygens (including phenoxy) is 1. The number of aliphatic carboxylic acids is 1. The number of thiazole rings is 1. The minimum absolute atomic E-state index is 0.0655. The third-order valence-electron chi connectivity index (χ3n) is 5.70. The van der Waals surface area contributed by atoms with Crippen LogP contribution in [0.2, 0.25) is 0 Å². The van der Waals surface area contributed by atoms with Crippen LogP contribution in [0.1, 0.15) is 46.3 Å². The van der Waals surface area contributed by atoms with Gasteiger partial charge in [-0.2, -0.15) is 0 Å². The molecule has 2 aromatic carbocycles. The van der Waals surface area contributed by atoms with Crippen LogP contribution in [-0.4, -0.2) is 40.7 Å². The van der Waals surface area contributed by atoms with Crippen LogP contribution in [0, 0.1) is 6.92 Å². The van der Waals surface area contributed by atoms with Crippen molar-refractivity contribution in [2.45, 2.75) is 38.3 Å². The van der Waals surface area contributed by atoms with Crippen molar-refractivity contribution in [3.63, 3.8) is 0 Å².